The van der Waals surface area contributed by atoms with E-state index in [2.05, 4.69) is 4.72 Å². The summed E-state index contributed by atoms with van der Waals surface area (Å²) in [6.45, 7) is 3.86. The third kappa shape index (κ3) is 3.63. The molecule has 1 fully saturated rings. The summed E-state index contributed by atoms with van der Waals surface area (Å²) in [6.07, 6.45) is 2.23. The number of sulfonamides is 1. The highest BCUT2D eigenvalue weighted by Crippen LogP contribution is 2.31. The lowest BCUT2D eigenvalue weighted by molar-refractivity contribution is -0.142. The Morgan fingerprint density at radius 1 is 1.33 bits per heavy atom. The lowest BCUT2D eigenvalue weighted by atomic mass is 9.97. The summed E-state index contributed by atoms with van der Waals surface area (Å²) >= 11 is 0. The number of nitrogens with one attached hydrogen (secondary N) is 1. The van der Waals surface area contributed by atoms with Gasteiger partial charge in [-0.1, -0.05) is 24.1 Å². The van der Waals surface area contributed by atoms with Crippen LogP contribution >= 0.6 is 0 Å². The van der Waals surface area contributed by atoms with Gasteiger partial charge in [-0.15, -0.1) is 0 Å². The molecule has 21 heavy (non-hydrogen) atoms. The first kappa shape index (κ1) is 16.0. The molecule has 1 saturated carbocycles. The molecule has 0 aliphatic heterocycles. The molecule has 1 aromatic carbocycles. The first-order valence-corrected chi connectivity index (χ1v) is 8.59. The number of hydrogen-bond donors (Lipinski definition) is 2. The first-order chi connectivity index (χ1) is 9.81. The molecule has 1 aliphatic carbocycles. The fourth-order valence-electron chi connectivity index (χ4n) is 3.00. The number of aliphatic carboxylic acids is 1. The van der Waals surface area contributed by atoms with E-state index in [4.69, 9.17) is 5.11 Å². The maximum Gasteiger partial charge on any atom is 0.306 e. The van der Waals surface area contributed by atoms with Crippen molar-refractivity contribution in [2.24, 2.45) is 11.8 Å². The van der Waals surface area contributed by atoms with E-state index in [1.807, 2.05) is 13.0 Å². The summed E-state index contributed by atoms with van der Waals surface area (Å²) in [5, 5.41) is 9.13. The molecule has 2 atom stereocenters. The van der Waals surface area contributed by atoms with E-state index in [0.29, 0.717) is 12.0 Å². The molecule has 2 N–H and O–H groups in total. The van der Waals surface area contributed by atoms with Crippen LogP contribution in [0.3, 0.4) is 0 Å². The maximum absolute atomic E-state index is 12.3. The van der Waals surface area contributed by atoms with Crippen LogP contribution in [-0.4, -0.2) is 26.0 Å². The van der Waals surface area contributed by atoms with Crippen LogP contribution in [0.5, 0.6) is 0 Å². The number of carboxylic acids is 1. The predicted molar refractivity (Wildman–Crippen MR) is 79.6 cm³/mol. The van der Waals surface area contributed by atoms with E-state index >= 15 is 0 Å². The van der Waals surface area contributed by atoms with E-state index in [1.165, 1.54) is 0 Å². The minimum Gasteiger partial charge on any atom is -0.481 e. The lowest BCUT2D eigenvalue weighted by Gasteiger charge is -2.17. The average Bonchev–Trinajstić information content (AvgIpc) is 2.84. The van der Waals surface area contributed by atoms with E-state index in [-0.39, 0.29) is 17.4 Å². The second-order valence-electron chi connectivity index (χ2n) is 5.76. The van der Waals surface area contributed by atoms with Crippen LogP contribution < -0.4 is 4.72 Å². The van der Waals surface area contributed by atoms with E-state index in [1.54, 1.807) is 19.1 Å². The van der Waals surface area contributed by atoms with Crippen LogP contribution in [0.25, 0.3) is 0 Å². The van der Waals surface area contributed by atoms with Crippen molar-refractivity contribution in [2.45, 2.75) is 38.0 Å². The third-order valence-electron chi connectivity index (χ3n) is 4.13. The molecule has 0 aromatic heterocycles. The minimum atomic E-state index is -3.59. The Labute approximate surface area is 125 Å². The van der Waals surface area contributed by atoms with Gasteiger partial charge in [0.2, 0.25) is 10.0 Å². The largest absolute Gasteiger partial charge is 0.481 e. The summed E-state index contributed by atoms with van der Waals surface area (Å²) in [5.74, 6) is -1.39. The highest BCUT2D eigenvalue weighted by atomic mass is 32.2. The van der Waals surface area contributed by atoms with Gasteiger partial charge in [0.1, 0.15) is 0 Å². The second-order valence-corrected chi connectivity index (χ2v) is 7.49. The molecule has 116 valence electrons. The molecule has 2 unspecified atom stereocenters. The predicted octanol–water partition coefficient (Wildman–Crippen LogP) is 2.08. The Hall–Kier alpha value is -1.40. The quantitative estimate of drug-likeness (QED) is 0.872. The van der Waals surface area contributed by atoms with E-state index < -0.39 is 21.9 Å². The molecule has 0 radical (unpaired) electrons. The van der Waals surface area contributed by atoms with Gasteiger partial charge in [0.15, 0.2) is 0 Å². The maximum atomic E-state index is 12.3. The molecule has 1 aliphatic rings. The van der Waals surface area contributed by atoms with Crippen molar-refractivity contribution in [3.63, 3.8) is 0 Å². The Bertz CT molecular complexity index is 639. The Balaban J connectivity index is 2.09. The van der Waals surface area contributed by atoms with Gasteiger partial charge in [-0.05, 0) is 44.2 Å². The van der Waals surface area contributed by atoms with Gasteiger partial charge in [0.05, 0.1) is 10.8 Å². The van der Waals surface area contributed by atoms with Gasteiger partial charge in [-0.25, -0.2) is 13.1 Å². The minimum absolute atomic E-state index is 0.122. The third-order valence-corrected chi connectivity index (χ3v) is 5.72. The van der Waals surface area contributed by atoms with Crippen molar-refractivity contribution in [1.82, 2.24) is 4.72 Å². The zero-order chi connectivity index (χ0) is 15.6. The number of carboxylic acid groups (broad SMARTS) is 1. The van der Waals surface area contributed by atoms with Crippen LogP contribution in [0.1, 0.15) is 30.4 Å². The molecule has 6 heteroatoms. The first-order valence-electron chi connectivity index (χ1n) is 7.11. The van der Waals surface area contributed by atoms with E-state index in [0.717, 1.165) is 18.4 Å². The second kappa shape index (κ2) is 6.15. The molecule has 2 rings (SSSR count). The van der Waals surface area contributed by atoms with Crippen molar-refractivity contribution in [1.29, 1.82) is 0 Å². The van der Waals surface area contributed by atoms with Gasteiger partial charge in [-0.2, -0.15) is 0 Å². The van der Waals surface area contributed by atoms with Crippen LogP contribution in [-0.2, 0) is 14.8 Å². The fraction of sp³-hybridized carbons (Fsp3) is 0.533. The highest BCUT2D eigenvalue weighted by molar-refractivity contribution is 7.89. The van der Waals surface area contributed by atoms with Gasteiger partial charge in [0.25, 0.3) is 0 Å². The Morgan fingerprint density at radius 3 is 2.67 bits per heavy atom. The van der Waals surface area contributed by atoms with Gasteiger partial charge in [0, 0.05) is 6.54 Å². The number of benzene rings is 1. The molecule has 1 aromatic rings. The van der Waals surface area contributed by atoms with Crippen LogP contribution in [0.2, 0.25) is 0 Å². The van der Waals surface area contributed by atoms with Crippen molar-refractivity contribution in [2.75, 3.05) is 6.54 Å². The highest BCUT2D eigenvalue weighted by Gasteiger charge is 2.33. The molecular formula is C15H21NO4S. The van der Waals surface area contributed by atoms with Crippen molar-refractivity contribution < 1.29 is 18.3 Å². The SMILES string of the molecule is Cc1ccc(S(=O)(=O)NCC2CCCC2C(=O)O)c(C)c1. The normalized spacial score (nSPS) is 22.4. The number of carbonyl (C=O) groups is 1. The molecule has 0 amide bonds. The van der Waals surface area contributed by atoms with Crippen LogP contribution in [0.15, 0.2) is 23.1 Å². The van der Waals surface area contributed by atoms with Crippen LogP contribution in [0.4, 0.5) is 0 Å². The Morgan fingerprint density at radius 2 is 2.05 bits per heavy atom. The van der Waals surface area contributed by atoms with Gasteiger partial charge < -0.3 is 5.11 Å². The molecule has 0 spiro atoms. The Kier molecular flexibility index (Phi) is 4.68. The number of hydrogen-bond acceptors (Lipinski definition) is 3. The summed E-state index contributed by atoms with van der Waals surface area (Å²) < 4.78 is 27.2. The van der Waals surface area contributed by atoms with Crippen molar-refractivity contribution in [3.8, 4) is 0 Å². The molecular weight excluding hydrogens is 290 g/mol. The number of rotatable bonds is 5. The zero-order valence-corrected chi connectivity index (χ0v) is 13.1. The van der Waals surface area contributed by atoms with Crippen molar-refractivity contribution >= 4 is 16.0 Å². The van der Waals surface area contributed by atoms with E-state index in [9.17, 15) is 13.2 Å². The van der Waals surface area contributed by atoms with Crippen LogP contribution in [0, 0.1) is 25.7 Å². The topological polar surface area (TPSA) is 83.5 Å². The van der Waals surface area contributed by atoms with Gasteiger partial charge >= 0.3 is 5.97 Å². The molecule has 0 saturated heterocycles. The molecule has 5 nitrogen and oxygen atoms in total. The average molecular weight is 311 g/mol. The smallest absolute Gasteiger partial charge is 0.306 e. The molecule has 0 bridgehead atoms. The summed E-state index contributed by atoms with van der Waals surface area (Å²) in [7, 11) is -3.59. The standard InChI is InChI=1S/C15H21NO4S/c1-10-6-7-14(11(2)8-10)21(19,20)16-9-12-4-3-5-13(12)15(17)18/h6-8,12-13,16H,3-5,9H2,1-2H3,(H,17,18). The zero-order valence-electron chi connectivity index (χ0n) is 12.3. The summed E-state index contributed by atoms with van der Waals surface area (Å²) in [6, 6.07) is 5.18. The van der Waals surface area contributed by atoms with Crippen molar-refractivity contribution in [3.05, 3.63) is 29.3 Å². The summed E-state index contributed by atoms with van der Waals surface area (Å²) in [4.78, 5) is 11.4. The lowest BCUT2D eigenvalue weighted by Crippen LogP contribution is -2.33. The monoisotopic (exact) mass is 311 g/mol. The van der Waals surface area contributed by atoms with Gasteiger partial charge in [-0.3, -0.25) is 4.79 Å². The number of aryl methyl sites for hydroxylation is 2. The summed E-state index contributed by atoms with van der Waals surface area (Å²) in [5.41, 5.74) is 1.71. The molecule has 0 heterocycles. The fourth-order valence-corrected chi connectivity index (χ4v) is 4.32.